The maximum atomic E-state index is 4.79. The van der Waals surface area contributed by atoms with Gasteiger partial charge in [-0.15, -0.1) is 0 Å². The highest BCUT2D eigenvalue weighted by Crippen LogP contribution is 2.28. The maximum absolute atomic E-state index is 4.79. The molecule has 3 rings (SSSR count). The molecule has 0 atom stereocenters. The lowest BCUT2D eigenvalue weighted by molar-refractivity contribution is 0.318. The van der Waals surface area contributed by atoms with E-state index in [0.717, 1.165) is 35.9 Å². The molecule has 0 radical (unpaired) electrons. The molecular weight excluding hydrogens is 284 g/mol. The average Bonchev–Trinajstić information content (AvgIpc) is 2.56. The molecule has 1 saturated carbocycles. The molecule has 2 aliphatic rings. The lowest BCUT2D eigenvalue weighted by atomic mass is 9.83. The van der Waals surface area contributed by atoms with Crippen molar-refractivity contribution in [1.29, 1.82) is 0 Å². The van der Waals surface area contributed by atoms with Gasteiger partial charge in [0.2, 0.25) is 5.95 Å². The van der Waals surface area contributed by atoms with Crippen LogP contribution in [0.25, 0.3) is 12.2 Å². The monoisotopic (exact) mass is 314 g/mol. The minimum absolute atomic E-state index is 0.531. The van der Waals surface area contributed by atoms with E-state index >= 15 is 0 Å². The van der Waals surface area contributed by atoms with E-state index in [1.165, 1.54) is 43.7 Å². The molecule has 0 aliphatic heterocycles. The lowest BCUT2D eigenvalue weighted by Crippen LogP contribution is -2.38. The zero-order chi connectivity index (χ0) is 16.2. The molecule has 1 aromatic heterocycles. The van der Waals surface area contributed by atoms with Crippen molar-refractivity contribution in [1.82, 2.24) is 9.97 Å². The summed E-state index contributed by atoms with van der Waals surface area (Å²) in [5, 5.41) is 5.89. The number of fused-ring (bicyclic) bond motifs is 1. The molecule has 1 aromatic rings. The lowest BCUT2D eigenvalue weighted by Gasteiger charge is -2.29. The highest BCUT2D eigenvalue weighted by Gasteiger charge is 2.21. The van der Waals surface area contributed by atoms with Crippen molar-refractivity contribution in [3.05, 3.63) is 10.6 Å². The Hall–Kier alpha value is -1.58. The van der Waals surface area contributed by atoms with Gasteiger partial charge in [0.15, 0.2) is 0 Å². The topological polar surface area (TPSA) is 41.1 Å². The van der Waals surface area contributed by atoms with Gasteiger partial charge in [0, 0.05) is 25.4 Å². The summed E-state index contributed by atoms with van der Waals surface area (Å²) in [4.78, 5) is 11.7. The largest absolute Gasteiger partial charge is 0.362 e. The van der Waals surface area contributed by atoms with Crippen LogP contribution < -0.4 is 20.8 Å². The van der Waals surface area contributed by atoms with Crippen molar-refractivity contribution >= 4 is 23.9 Å². The van der Waals surface area contributed by atoms with Crippen molar-refractivity contribution in [2.75, 3.05) is 24.3 Å². The van der Waals surface area contributed by atoms with Gasteiger partial charge in [-0.05, 0) is 44.4 Å². The van der Waals surface area contributed by atoms with E-state index in [1.54, 1.807) is 0 Å². The fraction of sp³-hybridized carbons (Fsp3) is 0.684. The fourth-order valence-corrected chi connectivity index (χ4v) is 3.87. The summed E-state index contributed by atoms with van der Waals surface area (Å²) in [6, 6.07) is 0.531. The van der Waals surface area contributed by atoms with Crippen LogP contribution in [0.15, 0.2) is 0 Å². The van der Waals surface area contributed by atoms with Crippen molar-refractivity contribution in [2.24, 2.45) is 5.92 Å². The summed E-state index contributed by atoms with van der Waals surface area (Å²) in [5.41, 5.74) is 0. The van der Waals surface area contributed by atoms with Crippen molar-refractivity contribution in [3.63, 3.8) is 0 Å². The van der Waals surface area contributed by atoms with Gasteiger partial charge in [0.1, 0.15) is 5.82 Å². The third kappa shape index (κ3) is 3.85. The van der Waals surface area contributed by atoms with Crippen LogP contribution in [-0.2, 0) is 0 Å². The van der Waals surface area contributed by atoms with Gasteiger partial charge in [0.25, 0.3) is 0 Å². The Morgan fingerprint density at radius 3 is 2.52 bits per heavy atom. The van der Waals surface area contributed by atoms with E-state index in [4.69, 9.17) is 9.97 Å². The molecule has 1 N–H and O–H groups in total. The zero-order valence-electron chi connectivity index (χ0n) is 14.8. The minimum Gasteiger partial charge on any atom is -0.362 e. The number of hydrogen-bond acceptors (Lipinski definition) is 4. The highest BCUT2D eigenvalue weighted by molar-refractivity contribution is 5.51. The Morgan fingerprint density at radius 1 is 1.09 bits per heavy atom. The van der Waals surface area contributed by atoms with Gasteiger partial charge in [-0.3, -0.25) is 0 Å². The summed E-state index contributed by atoms with van der Waals surface area (Å²) in [5.74, 6) is 2.77. The van der Waals surface area contributed by atoms with Crippen LogP contribution in [0.5, 0.6) is 0 Å². The van der Waals surface area contributed by atoms with Crippen molar-refractivity contribution < 1.29 is 0 Å². The standard InChI is InChI=1S/C19H30N4/c1-4-7-14-10-12-15(13-11-14)20-19-21-17-9-6-5-8-16(17)18(22-19)23(2)3/h8-9,14-15H,4-7,10-13H2,1-3H3,(H,20,21). The Labute approximate surface area is 139 Å². The molecule has 0 aromatic carbocycles. The van der Waals surface area contributed by atoms with Crippen molar-refractivity contribution in [3.8, 4) is 0 Å². The van der Waals surface area contributed by atoms with Crippen LogP contribution >= 0.6 is 0 Å². The molecule has 2 aliphatic carbocycles. The Morgan fingerprint density at radius 2 is 1.83 bits per heavy atom. The molecule has 4 heteroatoms. The SMILES string of the molecule is CCCC1CCC(Nc2nc(N(C)C)c3c(n2)=CCCC=3)CC1. The number of hydrogen-bond donors (Lipinski definition) is 1. The Balaban J connectivity index is 1.76. The minimum atomic E-state index is 0.531. The van der Waals surface area contributed by atoms with E-state index < -0.39 is 0 Å². The first-order valence-corrected chi connectivity index (χ1v) is 9.19. The van der Waals surface area contributed by atoms with E-state index in [-0.39, 0.29) is 0 Å². The average molecular weight is 314 g/mol. The highest BCUT2D eigenvalue weighted by atomic mass is 15.2. The summed E-state index contributed by atoms with van der Waals surface area (Å²) in [7, 11) is 4.12. The molecule has 126 valence electrons. The quantitative estimate of drug-likeness (QED) is 0.907. The van der Waals surface area contributed by atoms with Gasteiger partial charge in [0.05, 0.1) is 5.35 Å². The summed E-state index contributed by atoms with van der Waals surface area (Å²) in [6.45, 7) is 2.29. The van der Waals surface area contributed by atoms with Crippen LogP contribution in [0.2, 0.25) is 0 Å². The Kier molecular flexibility index (Phi) is 5.19. The second-order valence-corrected chi connectivity index (χ2v) is 7.20. The second kappa shape index (κ2) is 7.33. The predicted molar refractivity (Wildman–Crippen MR) is 98.0 cm³/mol. The molecule has 0 spiro atoms. The smallest absolute Gasteiger partial charge is 0.225 e. The molecule has 0 amide bonds. The van der Waals surface area contributed by atoms with Crippen molar-refractivity contribution in [2.45, 2.75) is 64.3 Å². The van der Waals surface area contributed by atoms with E-state index in [0.29, 0.717) is 6.04 Å². The maximum Gasteiger partial charge on any atom is 0.225 e. The van der Waals surface area contributed by atoms with Gasteiger partial charge in [-0.1, -0.05) is 31.9 Å². The molecule has 0 unspecified atom stereocenters. The number of aromatic nitrogens is 2. The third-order valence-corrected chi connectivity index (χ3v) is 5.11. The summed E-state index contributed by atoms with van der Waals surface area (Å²) < 4.78 is 0. The van der Waals surface area contributed by atoms with Gasteiger partial charge < -0.3 is 10.2 Å². The van der Waals surface area contributed by atoms with E-state index in [2.05, 4.69) is 43.4 Å². The normalized spacial score (nSPS) is 23.4. The number of rotatable bonds is 5. The number of nitrogens with one attached hydrogen (secondary N) is 1. The van der Waals surface area contributed by atoms with Crippen LogP contribution in [0, 0.1) is 5.92 Å². The summed E-state index contributed by atoms with van der Waals surface area (Å²) >= 11 is 0. The molecule has 1 fully saturated rings. The van der Waals surface area contributed by atoms with E-state index in [1.807, 2.05) is 0 Å². The first-order chi connectivity index (χ1) is 11.2. The third-order valence-electron chi connectivity index (χ3n) is 5.11. The van der Waals surface area contributed by atoms with Crippen LogP contribution in [0.3, 0.4) is 0 Å². The molecule has 4 nitrogen and oxygen atoms in total. The van der Waals surface area contributed by atoms with Crippen LogP contribution in [0.1, 0.15) is 58.3 Å². The van der Waals surface area contributed by atoms with E-state index in [9.17, 15) is 0 Å². The molecule has 1 heterocycles. The van der Waals surface area contributed by atoms with Gasteiger partial charge in [-0.25, -0.2) is 4.98 Å². The van der Waals surface area contributed by atoms with Gasteiger partial charge >= 0.3 is 0 Å². The number of nitrogens with zero attached hydrogens (tertiary/aromatic N) is 3. The Bertz CT molecular complexity index is 642. The van der Waals surface area contributed by atoms with Crippen LogP contribution in [0.4, 0.5) is 11.8 Å². The first kappa shape index (κ1) is 16.3. The second-order valence-electron chi connectivity index (χ2n) is 7.20. The first-order valence-electron chi connectivity index (χ1n) is 9.19. The fourth-order valence-electron chi connectivity index (χ4n) is 3.87. The molecule has 0 bridgehead atoms. The van der Waals surface area contributed by atoms with Gasteiger partial charge in [-0.2, -0.15) is 4.98 Å². The number of anilines is 2. The zero-order valence-corrected chi connectivity index (χ0v) is 14.8. The molecular formula is C19H30N4. The predicted octanol–water partition coefficient (Wildman–Crippen LogP) is 2.67. The molecule has 0 saturated heterocycles. The van der Waals surface area contributed by atoms with Crippen LogP contribution in [-0.4, -0.2) is 30.1 Å². The summed E-state index contributed by atoms with van der Waals surface area (Å²) in [6.07, 6.45) is 14.6. The molecule has 23 heavy (non-hydrogen) atoms.